The average Bonchev–Trinajstić information content (AvgIpc) is 2.85. The molecule has 21 heavy (non-hydrogen) atoms. The number of benzene rings is 1. The van der Waals surface area contributed by atoms with Crippen molar-refractivity contribution < 1.29 is 9.90 Å². The Morgan fingerprint density at radius 2 is 2.14 bits per heavy atom. The number of aryl methyl sites for hydroxylation is 1. The van der Waals surface area contributed by atoms with Gasteiger partial charge in [0.25, 0.3) is 0 Å². The molecular formula is C16H21N3O2. The molecule has 1 aromatic carbocycles. The number of rotatable bonds is 5. The summed E-state index contributed by atoms with van der Waals surface area (Å²) in [5.74, 6) is 0.105. The summed E-state index contributed by atoms with van der Waals surface area (Å²) in [4.78, 5) is 18.2. The second-order valence-corrected chi connectivity index (χ2v) is 5.90. The first kappa shape index (κ1) is 14.1. The number of nitrogens with zero attached hydrogens (tertiary/aromatic N) is 3. The van der Waals surface area contributed by atoms with E-state index in [1.54, 1.807) is 11.2 Å². The molecule has 0 spiro atoms. The quantitative estimate of drug-likeness (QED) is 0.912. The maximum absolute atomic E-state index is 12.1. The monoisotopic (exact) mass is 287 g/mol. The van der Waals surface area contributed by atoms with Gasteiger partial charge in [-0.05, 0) is 18.6 Å². The summed E-state index contributed by atoms with van der Waals surface area (Å²) in [7, 11) is 0. The van der Waals surface area contributed by atoms with Crippen LogP contribution in [-0.2, 0) is 11.3 Å². The van der Waals surface area contributed by atoms with Crippen LogP contribution in [0, 0.1) is 0 Å². The van der Waals surface area contributed by atoms with Crippen LogP contribution in [0.2, 0.25) is 0 Å². The maximum Gasteiger partial charge on any atom is 0.224 e. The Balaban J connectivity index is 1.55. The Morgan fingerprint density at radius 3 is 2.90 bits per heavy atom. The van der Waals surface area contributed by atoms with Gasteiger partial charge in [0.2, 0.25) is 5.91 Å². The fourth-order valence-corrected chi connectivity index (χ4v) is 3.03. The molecular weight excluding hydrogens is 266 g/mol. The van der Waals surface area contributed by atoms with Gasteiger partial charge in [0.05, 0.1) is 36.1 Å². The molecule has 112 valence electrons. The SMILES string of the molecule is CCCC1(O)CN(C(=O)CCn2cnc3ccccc32)C1. The van der Waals surface area contributed by atoms with E-state index in [0.29, 0.717) is 26.1 Å². The van der Waals surface area contributed by atoms with Gasteiger partial charge in [-0.2, -0.15) is 0 Å². The number of likely N-dealkylation sites (tertiary alicyclic amines) is 1. The molecule has 1 aliphatic rings. The molecule has 1 saturated heterocycles. The van der Waals surface area contributed by atoms with E-state index in [0.717, 1.165) is 23.9 Å². The fraction of sp³-hybridized carbons (Fsp3) is 0.500. The van der Waals surface area contributed by atoms with E-state index >= 15 is 0 Å². The molecule has 5 heteroatoms. The van der Waals surface area contributed by atoms with E-state index in [9.17, 15) is 9.90 Å². The number of para-hydroxylation sites is 2. The summed E-state index contributed by atoms with van der Waals surface area (Å²) in [5, 5.41) is 10.1. The zero-order valence-corrected chi connectivity index (χ0v) is 12.3. The van der Waals surface area contributed by atoms with Gasteiger partial charge < -0.3 is 14.6 Å². The van der Waals surface area contributed by atoms with Gasteiger partial charge in [0.1, 0.15) is 0 Å². The third kappa shape index (κ3) is 2.78. The predicted octanol–water partition coefficient (Wildman–Crippen LogP) is 1.80. The molecule has 0 radical (unpaired) electrons. The van der Waals surface area contributed by atoms with Crippen molar-refractivity contribution in [2.24, 2.45) is 0 Å². The van der Waals surface area contributed by atoms with E-state index in [4.69, 9.17) is 0 Å². The number of fused-ring (bicyclic) bond motifs is 1. The highest BCUT2D eigenvalue weighted by atomic mass is 16.3. The first-order valence-corrected chi connectivity index (χ1v) is 7.51. The lowest BCUT2D eigenvalue weighted by Gasteiger charge is -2.46. The van der Waals surface area contributed by atoms with Crippen LogP contribution in [-0.4, -0.2) is 44.2 Å². The Hall–Kier alpha value is -1.88. The van der Waals surface area contributed by atoms with Crippen LogP contribution in [0.3, 0.4) is 0 Å². The molecule has 1 amide bonds. The Morgan fingerprint density at radius 1 is 1.38 bits per heavy atom. The minimum absolute atomic E-state index is 0.105. The predicted molar refractivity (Wildman–Crippen MR) is 80.8 cm³/mol. The summed E-state index contributed by atoms with van der Waals surface area (Å²) in [5.41, 5.74) is 1.36. The third-order valence-electron chi connectivity index (χ3n) is 4.13. The zero-order valence-electron chi connectivity index (χ0n) is 12.3. The van der Waals surface area contributed by atoms with Gasteiger partial charge in [0.15, 0.2) is 0 Å². The van der Waals surface area contributed by atoms with E-state index < -0.39 is 5.60 Å². The molecule has 0 atom stereocenters. The van der Waals surface area contributed by atoms with E-state index in [-0.39, 0.29) is 5.91 Å². The summed E-state index contributed by atoms with van der Waals surface area (Å²) >= 11 is 0. The van der Waals surface area contributed by atoms with Crippen molar-refractivity contribution in [1.29, 1.82) is 0 Å². The minimum Gasteiger partial charge on any atom is -0.386 e. The van der Waals surface area contributed by atoms with Crippen molar-refractivity contribution in [1.82, 2.24) is 14.5 Å². The molecule has 1 fully saturated rings. The lowest BCUT2D eigenvalue weighted by Crippen LogP contribution is -2.63. The number of aliphatic hydroxyl groups is 1. The molecule has 0 aliphatic carbocycles. The first-order chi connectivity index (χ1) is 10.1. The van der Waals surface area contributed by atoms with Crippen LogP contribution in [0.4, 0.5) is 0 Å². The van der Waals surface area contributed by atoms with Crippen molar-refractivity contribution in [3.05, 3.63) is 30.6 Å². The Labute approximate surface area is 124 Å². The van der Waals surface area contributed by atoms with Gasteiger partial charge >= 0.3 is 0 Å². The number of imidazole rings is 1. The molecule has 5 nitrogen and oxygen atoms in total. The van der Waals surface area contributed by atoms with Crippen LogP contribution in [0.25, 0.3) is 11.0 Å². The number of carbonyl (C=O) groups is 1. The molecule has 2 heterocycles. The van der Waals surface area contributed by atoms with Gasteiger partial charge in [-0.25, -0.2) is 4.98 Å². The number of carbonyl (C=O) groups excluding carboxylic acids is 1. The highest BCUT2D eigenvalue weighted by Crippen LogP contribution is 2.26. The number of amides is 1. The molecule has 0 saturated carbocycles. The topological polar surface area (TPSA) is 58.4 Å². The van der Waals surface area contributed by atoms with Crippen LogP contribution in [0.5, 0.6) is 0 Å². The lowest BCUT2D eigenvalue weighted by atomic mass is 9.89. The molecule has 1 aliphatic heterocycles. The minimum atomic E-state index is -0.647. The second kappa shape index (κ2) is 5.48. The highest BCUT2D eigenvalue weighted by molar-refractivity contribution is 5.78. The summed E-state index contributed by atoms with van der Waals surface area (Å²) in [6.45, 7) is 3.63. The maximum atomic E-state index is 12.1. The van der Waals surface area contributed by atoms with Crippen LogP contribution < -0.4 is 0 Å². The van der Waals surface area contributed by atoms with Crippen molar-refractivity contribution >= 4 is 16.9 Å². The zero-order chi connectivity index (χ0) is 14.9. The summed E-state index contributed by atoms with van der Waals surface area (Å²) in [6.07, 6.45) is 3.94. The van der Waals surface area contributed by atoms with Gasteiger partial charge in [-0.3, -0.25) is 4.79 Å². The van der Waals surface area contributed by atoms with Gasteiger partial charge in [0, 0.05) is 13.0 Å². The molecule has 3 rings (SSSR count). The van der Waals surface area contributed by atoms with Crippen LogP contribution in [0.1, 0.15) is 26.2 Å². The van der Waals surface area contributed by atoms with E-state index in [1.807, 2.05) is 35.8 Å². The average molecular weight is 287 g/mol. The largest absolute Gasteiger partial charge is 0.386 e. The van der Waals surface area contributed by atoms with Crippen molar-refractivity contribution in [3.63, 3.8) is 0 Å². The molecule has 2 aromatic rings. The summed E-state index contributed by atoms with van der Waals surface area (Å²) in [6, 6.07) is 7.91. The Kier molecular flexibility index (Phi) is 3.68. The molecule has 0 bridgehead atoms. The molecule has 1 aromatic heterocycles. The molecule has 1 N–H and O–H groups in total. The van der Waals surface area contributed by atoms with Gasteiger partial charge in [-0.1, -0.05) is 25.5 Å². The van der Waals surface area contributed by atoms with E-state index in [2.05, 4.69) is 4.98 Å². The number of aromatic nitrogens is 2. The standard InChI is InChI=1S/C16H21N3O2/c1-2-8-16(21)10-19(11-16)15(20)7-9-18-12-17-13-5-3-4-6-14(13)18/h3-6,12,21H,2,7-11H2,1H3. The number of β-amino-alcohol motifs (C(OH)–C–C–N with tert-alkyl or cyclic N) is 1. The summed E-state index contributed by atoms with van der Waals surface area (Å²) < 4.78 is 2.01. The normalized spacial score (nSPS) is 17.0. The van der Waals surface area contributed by atoms with Crippen LogP contribution >= 0.6 is 0 Å². The van der Waals surface area contributed by atoms with Crippen molar-refractivity contribution in [2.75, 3.05) is 13.1 Å². The van der Waals surface area contributed by atoms with Crippen molar-refractivity contribution in [3.8, 4) is 0 Å². The first-order valence-electron chi connectivity index (χ1n) is 7.51. The van der Waals surface area contributed by atoms with E-state index in [1.165, 1.54) is 0 Å². The van der Waals surface area contributed by atoms with Crippen LogP contribution in [0.15, 0.2) is 30.6 Å². The lowest BCUT2D eigenvalue weighted by molar-refractivity contribution is -0.156. The highest BCUT2D eigenvalue weighted by Gasteiger charge is 2.42. The second-order valence-electron chi connectivity index (χ2n) is 5.90. The van der Waals surface area contributed by atoms with Gasteiger partial charge in [-0.15, -0.1) is 0 Å². The van der Waals surface area contributed by atoms with Crippen molar-refractivity contribution in [2.45, 2.75) is 38.3 Å². The smallest absolute Gasteiger partial charge is 0.224 e. The third-order valence-corrected chi connectivity index (χ3v) is 4.13. The molecule has 0 unspecified atom stereocenters. The Bertz CT molecular complexity index is 644. The number of hydrogen-bond donors (Lipinski definition) is 1. The fourth-order valence-electron chi connectivity index (χ4n) is 3.03. The number of hydrogen-bond acceptors (Lipinski definition) is 3.